The number of rotatable bonds is 4. The SMILES string of the molecule is CC(N)C(=O)Nc1ccc(F)cc1Nc1ccccn1. The number of halogens is 1. The second kappa shape index (κ2) is 6.12. The van der Waals surface area contributed by atoms with Crippen molar-refractivity contribution in [2.75, 3.05) is 10.6 Å². The van der Waals surface area contributed by atoms with Crippen LogP contribution in [0.5, 0.6) is 0 Å². The van der Waals surface area contributed by atoms with E-state index >= 15 is 0 Å². The molecule has 20 heavy (non-hydrogen) atoms. The van der Waals surface area contributed by atoms with Crippen LogP contribution in [-0.2, 0) is 4.79 Å². The smallest absolute Gasteiger partial charge is 0.241 e. The number of aromatic nitrogens is 1. The lowest BCUT2D eigenvalue weighted by atomic mass is 10.2. The summed E-state index contributed by atoms with van der Waals surface area (Å²) in [6, 6.07) is 8.68. The fraction of sp³-hybridized carbons (Fsp3) is 0.143. The number of carbonyl (C=O) groups excluding carboxylic acids is 1. The second-order valence-electron chi connectivity index (χ2n) is 4.31. The Hall–Kier alpha value is -2.47. The van der Waals surface area contributed by atoms with Gasteiger partial charge in [-0.25, -0.2) is 9.37 Å². The van der Waals surface area contributed by atoms with Gasteiger partial charge in [0.05, 0.1) is 17.4 Å². The Kier molecular flexibility index (Phi) is 4.27. The Labute approximate surface area is 116 Å². The lowest BCUT2D eigenvalue weighted by Crippen LogP contribution is -2.32. The number of anilines is 3. The van der Waals surface area contributed by atoms with Crippen molar-refractivity contribution in [3.63, 3.8) is 0 Å². The lowest BCUT2D eigenvalue weighted by Gasteiger charge is -2.14. The fourth-order valence-corrected chi connectivity index (χ4v) is 1.55. The third-order valence-electron chi connectivity index (χ3n) is 2.58. The summed E-state index contributed by atoms with van der Waals surface area (Å²) in [5.74, 6) is -0.211. The Morgan fingerprint density at radius 3 is 2.75 bits per heavy atom. The predicted octanol–water partition coefficient (Wildman–Crippen LogP) is 2.25. The van der Waals surface area contributed by atoms with Crippen LogP contribution in [0.1, 0.15) is 6.92 Å². The van der Waals surface area contributed by atoms with Crippen molar-refractivity contribution < 1.29 is 9.18 Å². The van der Waals surface area contributed by atoms with E-state index in [1.807, 2.05) is 0 Å². The van der Waals surface area contributed by atoms with Crippen LogP contribution < -0.4 is 16.4 Å². The molecule has 1 unspecified atom stereocenters. The zero-order valence-electron chi connectivity index (χ0n) is 10.9. The van der Waals surface area contributed by atoms with Crippen LogP contribution in [0.25, 0.3) is 0 Å². The number of hydrogen-bond acceptors (Lipinski definition) is 4. The zero-order valence-corrected chi connectivity index (χ0v) is 10.9. The first-order chi connectivity index (χ1) is 9.56. The van der Waals surface area contributed by atoms with Crippen LogP contribution in [0.3, 0.4) is 0 Å². The molecule has 0 aliphatic carbocycles. The van der Waals surface area contributed by atoms with Gasteiger partial charge >= 0.3 is 0 Å². The highest BCUT2D eigenvalue weighted by Crippen LogP contribution is 2.25. The molecule has 1 amide bonds. The largest absolute Gasteiger partial charge is 0.338 e. The van der Waals surface area contributed by atoms with Crippen LogP contribution in [-0.4, -0.2) is 16.9 Å². The maximum Gasteiger partial charge on any atom is 0.241 e. The number of nitrogens with zero attached hydrogens (tertiary/aromatic N) is 1. The monoisotopic (exact) mass is 274 g/mol. The van der Waals surface area contributed by atoms with E-state index in [1.165, 1.54) is 18.2 Å². The summed E-state index contributed by atoms with van der Waals surface area (Å²) < 4.78 is 13.3. The molecular weight excluding hydrogens is 259 g/mol. The van der Waals surface area contributed by atoms with Crippen molar-refractivity contribution in [3.05, 3.63) is 48.4 Å². The molecule has 0 spiro atoms. The minimum Gasteiger partial charge on any atom is -0.338 e. The zero-order chi connectivity index (χ0) is 14.5. The van der Waals surface area contributed by atoms with Crippen LogP contribution in [0, 0.1) is 5.82 Å². The minimum absolute atomic E-state index is 0.347. The highest BCUT2D eigenvalue weighted by atomic mass is 19.1. The Morgan fingerprint density at radius 1 is 1.30 bits per heavy atom. The summed E-state index contributed by atoms with van der Waals surface area (Å²) in [7, 11) is 0. The van der Waals surface area contributed by atoms with Crippen LogP contribution in [0.15, 0.2) is 42.6 Å². The van der Waals surface area contributed by atoms with Crippen molar-refractivity contribution in [1.82, 2.24) is 4.98 Å². The third kappa shape index (κ3) is 3.52. The van der Waals surface area contributed by atoms with E-state index < -0.39 is 11.9 Å². The molecule has 0 saturated carbocycles. The van der Waals surface area contributed by atoms with Crippen molar-refractivity contribution in [2.45, 2.75) is 13.0 Å². The molecule has 0 aliphatic heterocycles. The first kappa shape index (κ1) is 14.0. The number of carbonyl (C=O) groups is 1. The number of amides is 1. The van der Waals surface area contributed by atoms with Gasteiger partial charge in [-0.1, -0.05) is 6.07 Å². The highest BCUT2D eigenvalue weighted by molar-refractivity contribution is 5.97. The van der Waals surface area contributed by atoms with Gasteiger partial charge in [0.15, 0.2) is 0 Å². The summed E-state index contributed by atoms with van der Waals surface area (Å²) in [6.45, 7) is 1.57. The number of hydrogen-bond donors (Lipinski definition) is 3. The molecule has 4 N–H and O–H groups in total. The molecule has 1 aromatic heterocycles. The van der Waals surface area contributed by atoms with Gasteiger partial charge in [-0.2, -0.15) is 0 Å². The van der Waals surface area contributed by atoms with Crippen LogP contribution in [0.4, 0.5) is 21.6 Å². The van der Waals surface area contributed by atoms with E-state index in [-0.39, 0.29) is 5.91 Å². The van der Waals surface area contributed by atoms with Crippen molar-refractivity contribution in [2.24, 2.45) is 5.73 Å². The third-order valence-corrected chi connectivity index (χ3v) is 2.58. The molecule has 104 valence electrons. The Morgan fingerprint density at radius 2 is 2.10 bits per heavy atom. The van der Waals surface area contributed by atoms with Gasteiger partial charge in [-0.3, -0.25) is 4.79 Å². The first-order valence-electron chi connectivity index (χ1n) is 6.10. The molecule has 6 heteroatoms. The quantitative estimate of drug-likeness (QED) is 0.799. The van der Waals surface area contributed by atoms with Gasteiger partial charge in [0, 0.05) is 6.20 Å². The van der Waals surface area contributed by atoms with E-state index in [9.17, 15) is 9.18 Å². The molecule has 0 saturated heterocycles. The van der Waals surface area contributed by atoms with Crippen molar-refractivity contribution >= 4 is 23.1 Å². The van der Waals surface area contributed by atoms with E-state index in [0.717, 1.165) is 0 Å². The Balaban J connectivity index is 2.26. The van der Waals surface area contributed by atoms with Gasteiger partial charge < -0.3 is 16.4 Å². The van der Waals surface area contributed by atoms with Crippen molar-refractivity contribution in [1.29, 1.82) is 0 Å². The fourth-order valence-electron chi connectivity index (χ4n) is 1.55. The number of pyridine rings is 1. The normalized spacial score (nSPS) is 11.8. The van der Waals surface area contributed by atoms with E-state index in [4.69, 9.17) is 5.73 Å². The number of benzene rings is 1. The van der Waals surface area contributed by atoms with E-state index in [2.05, 4.69) is 15.6 Å². The Bertz CT molecular complexity index is 601. The van der Waals surface area contributed by atoms with Crippen LogP contribution in [0.2, 0.25) is 0 Å². The molecule has 0 fully saturated rings. The minimum atomic E-state index is -0.650. The molecule has 0 bridgehead atoms. The van der Waals surface area contributed by atoms with Gasteiger partial charge in [-0.15, -0.1) is 0 Å². The molecule has 5 nitrogen and oxygen atoms in total. The van der Waals surface area contributed by atoms with E-state index in [1.54, 1.807) is 31.3 Å². The second-order valence-corrected chi connectivity index (χ2v) is 4.31. The van der Waals surface area contributed by atoms with Gasteiger partial charge in [0.2, 0.25) is 5.91 Å². The van der Waals surface area contributed by atoms with Gasteiger partial charge in [0.1, 0.15) is 11.6 Å². The predicted molar refractivity (Wildman–Crippen MR) is 76.2 cm³/mol. The average molecular weight is 274 g/mol. The molecule has 0 aliphatic rings. The summed E-state index contributed by atoms with van der Waals surface area (Å²) in [5.41, 5.74) is 6.36. The summed E-state index contributed by atoms with van der Waals surface area (Å²) in [4.78, 5) is 15.7. The lowest BCUT2D eigenvalue weighted by molar-refractivity contribution is -0.117. The molecule has 1 atom stereocenters. The maximum absolute atomic E-state index is 13.3. The summed E-state index contributed by atoms with van der Waals surface area (Å²) in [6.07, 6.45) is 1.61. The molecule has 1 heterocycles. The molecule has 2 rings (SSSR count). The molecule has 1 aromatic carbocycles. The van der Waals surface area contributed by atoms with Gasteiger partial charge in [0.25, 0.3) is 0 Å². The summed E-state index contributed by atoms with van der Waals surface area (Å²) >= 11 is 0. The molecular formula is C14H15FN4O. The molecule has 0 radical (unpaired) electrons. The molecule has 2 aromatic rings. The van der Waals surface area contributed by atoms with Crippen molar-refractivity contribution in [3.8, 4) is 0 Å². The average Bonchev–Trinajstić information content (AvgIpc) is 2.42. The topological polar surface area (TPSA) is 80.0 Å². The van der Waals surface area contributed by atoms with Gasteiger partial charge in [-0.05, 0) is 37.3 Å². The highest BCUT2D eigenvalue weighted by Gasteiger charge is 2.11. The van der Waals surface area contributed by atoms with E-state index in [0.29, 0.717) is 17.2 Å². The number of nitrogens with two attached hydrogens (primary N) is 1. The summed E-state index contributed by atoms with van der Waals surface area (Å²) in [5, 5.41) is 5.59. The first-order valence-corrected chi connectivity index (χ1v) is 6.10. The number of nitrogens with one attached hydrogen (secondary N) is 2. The standard InChI is InChI=1S/C14H15FN4O/c1-9(16)14(20)19-11-6-5-10(15)8-12(11)18-13-4-2-3-7-17-13/h2-9H,16H2,1H3,(H,17,18)(H,19,20). The maximum atomic E-state index is 13.3. The van der Waals surface area contributed by atoms with Crippen LogP contribution >= 0.6 is 0 Å².